The Bertz CT molecular complexity index is 1370. The molecular formula is C26H25FN4O2S2. The SMILES string of the molecule is CCOC(=O)c1cc(-c2ccccc2)sc1NC(=S)Nc1c(C)nn(Cc2ccccc2F)c1C. The van der Waals surface area contributed by atoms with E-state index in [0.717, 1.165) is 27.5 Å². The highest BCUT2D eigenvalue weighted by Crippen LogP contribution is 2.36. The zero-order valence-electron chi connectivity index (χ0n) is 19.6. The Balaban J connectivity index is 1.55. The molecule has 4 aromatic rings. The number of thiocarbonyl (C=S) groups is 1. The zero-order valence-corrected chi connectivity index (χ0v) is 21.2. The number of aromatic nitrogens is 2. The van der Waals surface area contributed by atoms with Crippen molar-refractivity contribution < 1.29 is 13.9 Å². The predicted molar refractivity (Wildman–Crippen MR) is 143 cm³/mol. The van der Waals surface area contributed by atoms with E-state index in [2.05, 4.69) is 15.7 Å². The molecule has 0 aliphatic carbocycles. The number of hydrogen-bond acceptors (Lipinski definition) is 5. The molecule has 0 saturated carbocycles. The van der Waals surface area contributed by atoms with Gasteiger partial charge in [-0.15, -0.1) is 11.3 Å². The third-order valence-electron chi connectivity index (χ3n) is 5.41. The van der Waals surface area contributed by atoms with Crippen molar-refractivity contribution in [3.63, 3.8) is 0 Å². The Morgan fingerprint density at radius 2 is 1.83 bits per heavy atom. The summed E-state index contributed by atoms with van der Waals surface area (Å²) in [7, 11) is 0. The summed E-state index contributed by atoms with van der Waals surface area (Å²) in [5.41, 5.74) is 4.24. The molecule has 6 nitrogen and oxygen atoms in total. The van der Waals surface area contributed by atoms with E-state index < -0.39 is 5.97 Å². The minimum Gasteiger partial charge on any atom is -0.462 e. The molecule has 0 bridgehead atoms. The predicted octanol–water partition coefficient (Wildman–Crippen LogP) is 6.40. The van der Waals surface area contributed by atoms with Crippen molar-refractivity contribution in [1.29, 1.82) is 0 Å². The number of ether oxygens (including phenoxy) is 1. The van der Waals surface area contributed by atoms with Crippen LogP contribution in [0.3, 0.4) is 0 Å². The molecule has 0 aliphatic rings. The van der Waals surface area contributed by atoms with Gasteiger partial charge in [0.25, 0.3) is 0 Å². The molecule has 0 amide bonds. The van der Waals surface area contributed by atoms with Crippen LogP contribution in [0.2, 0.25) is 0 Å². The van der Waals surface area contributed by atoms with Crippen LogP contribution >= 0.6 is 23.6 Å². The van der Waals surface area contributed by atoms with Crippen molar-refractivity contribution in [3.05, 3.63) is 89.0 Å². The lowest BCUT2D eigenvalue weighted by atomic mass is 10.1. The van der Waals surface area contributed by atoms with Gasteiger partial charge >= 0.3 is 5.97 Å². The number of nitrogens with one attached hydrogen (secondary N) is 2. The fourth-order valence-corrected chi connectivity index (χ4v) is 4.98. The van der Waals surface area contributed by atoms with E-state index >= 15 is 0 Å². The summed E-state index contributed by atoms with van der Waals surface area (Å²) in [5.74, 6) is -0.688. The maximum Gasteiger partial charge on any atom is 0.341 e. The minimum absolute atomic E-state index is 0.273. The summed E-state index contributed by atoms with van der Waals surface area (Å²) in [6.07, 6.45) is 0. The van der Waals surface area contributed by atoms with Gasteiger partial charge in [0, 0.05) is 10.4 Å². The standard InChI is InChI=1S/C26H25FN4O2S2/c1-4-33-25(32)20-14-22(18-10-6-5-7-11-18)35-24(20)29-26(34)28-23-16(2)30-31(17(23)3)15-19-12-8-9-13-21(19)27/h5-14H,4,15H2,1-3H3,(H2,28,29,34). The lowest BCUT2D eigenvalue weighted by molar-refractivity contribution is 0.0528. The third-order valence-corrected chi connectivity index (χ3v) is 6.71. The van der Waals surface area contributed by atoms with Crippen LogP contribution < -0.4 is 10.6 Å². The van der Waals surface area contributed by atoms with Gasteiger partial charge in [0.1, 0.15) is 10.8 Å². The molecule has 4 rings (SSSR count). The molecule has 2 N–H and O–H groups in total. The molecule has 2 heterocycles. The summed E-state index contributed by atoms with van der Waals surface area (Å²) in [4.78, 5) is 13.5. The van der Waals surface area contributed by atoms with Crippen molar-refractivity contribution >= 4 is 45.3 Å². The Morgan fingerprint density at radius 3 is 2.54 bits per heavy atom. The molecule has 0 radical (unpaired) electrons. The third kappa shape index (κ3) is 5.58. The summed E-state index contributed by atoms with van der Waals surface area (Å²) < 4.78 is 21.1. The second-order valence-electron chi connectivity index (χ2n) is 7.81. The number of thiophene rings is 1. The number of nitrogens with zero attached hydrogens (tertiary/aromatic N) is 2. The first kappa shape index (κ1) is 24.6. The molecule has 0 saturated heterocycles. The molecule has 0 atom stereocenters. The van der Waals surface area contributed by atoms with Gasteiger partial charge in [-0.1, -0.05) is 48.5 Å². The molecule has 35 heavy (non-hydrogen) atoms. The number of rotatable bonds is 7. The average Bonchev–Trinajstić information content (AvgIpc) is 3.38. The molecule has 2 aromatic heterocycles. The number of halogens is 1. The lowest BCUT2D eigenvalue weighted by Gasteiger charge is -2.11. The quantitative estimate of drug-likeness (QED) is 0.222. The van der Waals surface area contributed by atoms with E-state index in [1.807, 2.05) is 50.2 Å². The van der Waals surface area contributed by atoms with Crippen molar-refractivity contribution in [3.8, 4) is 10.4 Å². The van der Waals surface area contributed by atoms with E-state index in [1.54, 1.807) is 29.8 Å². The fraction of sp³-hybridized carbons (Fsp3) is 0.192. The summed E-state index contributed by atoms with van der Waals surface area (Å²) in [5, 5.41) is 11.8. The Morgan fingerprint density at radius 1 is 1.11 bits per heavy atom. The number of anilines is 2. The van der Waals surface area contributed by atoms with Gasteiger partial charge in [-0.25, -0.2) is 9.18 Å². The second kappa shape index (κ2) is 10.8. The number of carbonyl (C=O) groups is 1. The van der Waals surface area contributed by atoms with Gasteiger partial charge in [0.15, 0.2) is 5.11 Å². The Kier molecular flexibility index (Phi) is 7.57. The number of esters is 1. The largest absolute Gasteiger partial charge is 0.462 e. The van der Waals surface area contributed by atoms with Gasteiger partial charge < -0.3 is 15.4 Å². The van der Waals surface area contributed by atoms with E-state index in [-0.39, 0.29) is 12.4 Å². The smallest absolute Gasteiger partial charge is 0.341 e. The van der Waals surface area contributed by atoms with Crippen LogP contribution in [-0.2, 0) is 11.3 Å². The first-order chi connectivity index (χ1) is 16.9. The second-order valence-corrected chi connectivity index (χ2v) is 9.27. The number of benzene rings is 2. The highest BCUT2D eigenvalue weighted by atomic mass is 32.1. The summed E-state index contributed by atoms with van der Waals surface area (Å²) >= 11 is 6.99. The molecule has 0 fully saturated rings. The zero-order chi connectivity index (χ0) is 24.9. The number of hydrogen-bond donors (Lipinski definition) is 2. The molecule has 0 aliphatic heterocycles. The van der Waals surface area contributed by atoms with Gasteiger partial charge in [-0.3, -0.25) is 4.68 Å². The molecule has 0 spiro atoms. The van der Waals surface area contributed by atoms with E-state index in [4.69, 9.17) is 17.0 Å². The van der Waals surface area contributed by atoms with E-state index in [0.29, 0.717) is 27.8 Å². The number of carbonyl (C=O) groups excluding carboxylic acids is 1. The lowest BCUT2D eigenvalue weighted by Crippen LogP contribution is -2.21. The van der Waals surface area contributed by atoms with Crippen molar-refractivity contribution in [2.45, 2.75) is 27.3 Å². The van der Waals surface area contributed by atoms with Crippen molar-refractivity contribution in [2.24, 2.45) is 0 Å². The maximum atomic E-state index is 14.1. The van der Waals surface area contributed by atoms with Crippen LogP contribution in [0, 0.1) is 19.7 Å². The molecule has 180 valence electrons. The highest BCUT2D eigenvalue weighted by molar-refractivity contribution is 7.80. The van der Waals surface area contributed by atoms with Crippen LogP contribution in [0.4, 0.5) is 15.1 Å². The van der Waals surface area contributed by atoms with Crippen LogP contribution in [0.15, 0.2) is 60.7 Å². The normalized spacial score (nSPS) is 10.7. The van der Waals surface area contributed by atoms with Gasteiger partial charge in [-0.2, -0.15) is 5.10 Å². The first-order valence-electron chi connectivity index (χ1n) is 11.1. The Labute approximate surface area is 212 Å². The van der Waals surface area contributed by atoms with Gasteiger partial charge in [0.2, 0.25) is 0 Å². The highest BCUT2D eigenvalue weighted by Gasteiger charge is 2.20. The number of aryl methyl sites for hydroxylation is 1. The first-order valence-corrected chi connectivity index (χ1v) is 12.3. The molecule has 9 heteroatoms. The van der Waals surface area contributed by atoms with E-state index in [9.17, 15) is 9.18 Å². The Hall–Kier alpha value is -3.56. The van der Waals surface area contributed by atoms with Gasteiger partial charge in [0.05, 0.1) is 35.8 Å². The van der Waals surface area contributed by atoms with Crippen LogP contribution in [-0.4, -0.2) is 27.5 Å². The molecular weight excluding hydrogens is 483 g/mol. The summed E-state index contributed by atoms with van der Waals surface area (Å²) in [6.45, 7) is 6.11. The van der Waals surface area contributed by atoms with Crippen molar-refractivity contribution in [2.75, 3.05) is 17.2 Å². The van der Waals surface area contributed by atoms with Crippen LogP contribution in [0.25, 0.3) is 10.4 Å². The topological polar surface area (TPSA) is 68.2 Å². The summed E-state index contributed by atoms with van der Waals surface area (Å²) in [6, 6.07) is 18.3. The van der Waals surface area contributed by atoms with Crippen LogP contribution in [0.1, 0.15) is 34.2 Å². The molecule has 0 unspecified atom stereocenters. The average molecular weight is 509 g/mol. The fourth-order valence-electron chi connectivity index (χ4n) is 3.66. The van der Waals surface area contributed by atoms with E-state index in [1.165, 1.54) is 17.4 Å². The molecule has 2 aromatic carbocycles. The maximum absolute atomic E-state index is 14.1. The monoisotopic (exact) mass is 508 g/mol. The van der Waals surface area contributed by atoms with Crippen molar-refractivity contribution in [1.82, 2.24) is 9.78 Å². The minimum atomic E-state index is -0.415. The van der Waals surface area contributed by atoms with Gasteiger partial charge in [-0.05, 0) is 50.7 Å². The van der Waals surface area contributed by atoms with Crippen LogP contribution in [0.5, 0.6) is 0 Å².